The molecule has 2 fully saturated rings. The van der Waals surface area contributed by atoms with Crippen molar-refractivity contribution in [1.82, 2.24) is 10.6 Å². The average Bonchev–Trinajstić information content (AvgIpc) is 2.88. The highest BCUT2D eigenvalue weighted by Crippen LogP contribution is 2.53. The first kappa shape index (κ1) is 8.52. The van der Waals surface area contributed by atoms with Gasteiger partial charge >= 0.3 is 0 Å². The maximum Gasteiger partial charge on any atom is 0.000795 e. The molecule has 70 valence electrons. The number of nitrogens with one attached hydrogen (secondary N) is 2. The maximum atomic E-state index is 3.51. The summed E-state index contributed by atoms with van der Waals surface area (Å²) in [5, 5.41) is 6.85. The average molecular weight is 168 g/mol. The van der Waals surface area contributed by atoms with Crippen LogP contribution in [0.3, 0.4) is 0 Å². The van der Waals surface area contributed by atoms with E-state index in [-0.39, 0.29) is 0 Å². The molecule has 1 heterocycles. The molecule has 1 unspecified atom stereocenters. The van der Waals surface area contributed by atoms with Gasteiger partial charge in [0.15, 0.2) is 0 Å². The van der Waals surface area contributed by atoms with Gasteiger partial charge in [0.1, 0.15) is 0 Å². The monoisotopic (exact) mass is 168 g/mol. The van der Waals surface area contributed by atoms with Crippen LogP contribution >= 0.6 is 0 Å². The zero-order chi connectivity index (χ0) is 8.44. The summed E-state index contributed by atoms with van der Waals surface area (Å²) in [5.74, 6) is 0.957. The minimum absolute atomic E-state index is 0.697. The van der Waals surface area contributed by atoms with Crippen LogP contribution in [0.1, 0.15) is 25.7 Å². The predicted molar refractivity (Wildman–Crippen MR) is 51.2 cm³/mol. The number of piperidine rings is 1. The Bertz CT molecular complexity index is 146. The molecule has 2 N–H and O–H groups in total. The van der Waals surface area contributed by atoms with Gasteiger partial charge in [-0.3, -0.25) is 0 Å². The highest BCUT2D eigenvalue weighted by molar-refractivity contribution is 5.01. The molecule has 0 aromatic heterocycles. The molecule has 0 radical (unpaired) electrons. The van der Waals surface area contributed by atoms with E-state index in [1.807, 2.05) is 0 Å². The first-order valence-electron chi connectivity index (χ1n) is 5.23. The van der Waals surface area contributed by atoms with Gasteiger partial charge in [0, 0.05) is 6.54 Å². The van der Waals surface area contributed by atoms with E-state index in [2.05, 4.69) is 17.7 Å². The summed E-state index contributed by atoms with van der Waals surface area (Å²) in [6.45, 7) is 3.74. The third-order valence-corrected chi connectivity index (χ3v) is 3.58. The smallest absolute Gasteiger partial charge is 0.000795 e. The SMILES string of the molecule is CNCC1(C2CCCNC2)CC1. The van der Waals surface area contributed by atoms with Gasteiger partial charge < -0.3 is 10.6 Å². The first-order chi connectivity index (χ1) is 5.87. The Hall–Kier alpha value is -0.0800. The fraction of sp³-hybridized carbons (Fsp3) is 1.00. The fourth-order valence-corrected chi connectivity index (χ4v) is 2.62. The standard InChI is InChI=1S/C10H20N2/c1-11-8-10(4-5-10)9-3-2-6-12-7-9/h9,11-12H,2-8H2,1H3. The Labute approximate surface area is 75.1 Å². The molecule has 2 rings (SSSR count). The molecule has 2 aliphatic rings. The first-order valence-corrected chi connectivity index (χ1v) is 5.23. The second-order valence-corrected chi connectivity index (χ2v) is 4.44. The Kier molecular flexibility index (Phi) is 2.37. The molecule has 1 saturated carbocycles. The second-order valence-electron chi connectivity index (χ2n) is 4.44. The molecule has 1 atom stereocenters. The summed E-state index contributed by atoms with van der Waals surface area (Å²) in [5.41, 5.74) is 0.697. The summed E-state index contributed by atoms with van der Waals surface area (Å²) < 4.78 is 0. The van der Waals surface area contributed by atoms with E-state index in [1.165, 1.54) is 45.3 Å². The van der Waals surface area contributed by atoms with Crippen LogP contribution in [0.25, 0.3) is 0 Å². The number of rotatable bonds is 3. The van der Waals surface area contributed by atoms with Gasteiger partial charge in [0.25, 0.3) is 0 Å². The summed E-state index contributed by atoms with van der Waals surface area (Å²) in [6.07, 6.45) is 5.76. The summed E-state index contributed by atoms with van der Waals surface area (Å²) in [7, 11) is 2.08. The van der Waals surface area contributed by atoms with Gasteiger partial charge in [0.2, 0.25) is 0 Å². The van der Waals surface area contributed by atoms with Crippen molar-refractivity contribution in [3.05, 3.63) is 0 Å². The van der Waals surface area contributed by atoms with Crippen LogP contribution in [0, 0.1) is 11.3 Å². The Morgan fingerprint density at radius 2 is 2.33 bits per heavy atom. The van der Waals surface area contributed by atoms with Gasteiger partial charge in [-0.1, -0.05) is 0 Å². The lowest BCUT2D eigenvalue weighted by Crippen LogP contribution is -2.38. The van der Waals surface area contributed by atoms with Crippen molar-refractivity contribution < 1.29 is 0 Å². The molecule has 0 amide bonds. The lowest BCUT2D eigenvalue weighted by atomic mass is 9.83. The molecule has 0 bridgehead atoms. The topological polar surface area (TPSA) is 24.1 Å². The van der Waals surface area contributed by atoms with Crippen molar-refractivity contribution in [2.45, 2.75) is 25.7 Å². The van der Waals surface area contributed by atoms with Crippen LogP contribution in [0.15, 0.2) is 0 Å². The highest BCUT2D eigenvalue weighted by atomic mass is 14.9. The van der Waals surface area contributed by atoms with Crippen molar-refractivity contribution >= 4 is 0 Å². The van der Waals surface area contributed by atoms with Crippen molar-refractivity contribution in [2.75, 3.05) is 26.7 Å². The third-order valence-electron chi connectivity index (χ3n) is 3.58. The van der Waals surface area contributed by atoms with E-state index in [9.17, 15) is 0 Å². The molecule has 2 nitrogen and oxygen atoms in total. The molecule has 0 spiro atoms. The van der Waals surface area contributed by atoms with Crippen molar-refractivity contribution in [1.29, 1.82) is 0 Å². The molecular weight excluding hydrogens is 148 g/mol. The lowest BCUT2D eigenvalue weighted by Gasteiger charge is -2.30. The largest absolute Gasteiger partial charge is 0.319 e. The molecule has 1 aliphatic heterocycles. The third kappa shape index (κ3) is 1.50. The zero-order valence-electron chi connectivity index (χ0n) is 8.03. The molecule has 0 aromatic rings. The molecule has 12 heavy (non-hydrogen) atoms. The summed E-state index contributed by atoms with van der Waals surface area (Å²) in [6, 6.07) is 0. The Balaban J connectivity index is 1.88. The Morgan fingerprint density at radius 1 is 1.50 bits per heavy atom. The fourth-order valence-electron chi connectivity index (χ4n) is 2.62. The minimum Gasteiger partial charge on any atom is -0.319 e. The predicted octanol–water partition coefficient (Wildman–Crippen LogP) is 0.986. The summed E-state index contributed by atoms with van der Waals surface area (Å²) >= 11 is 0. The quantitative estimate of drug-likeness (QED) is 0.656. The zero-order valence-corrected chi connectivity index (χ0v) is 8.03. The van der Waals surface area contributed by atoms with E-state index in [0.29, 0.717) is 5.41 Å². The molecule has 1 aliphatic carbocycles. The molecule has 0 aromatic carbocycles. The van der Waals surface area contributed by atoms with Gasteiger partial charge in [-0.25, -0.2) is 0 Å². The highest BCUT2D eigenvalue weighted by Gasteiger charge is 2.48. The van der Waals surface area contributed by atoms with Crippen molar-refractivity contribution in [2.24, 2.45) is 11.3 Å². The summed E-state index contributed by atoms with van der Waals surface area (Å²) in [4.78, 5) is 0. The number of hydrogen-bond acceptors (Lipinski definition) is 2. The molecular formula is C10H20N2. The van der Waals surface area contributed by atoms with E-state index in [1.54, 1.807) is 0 Å². The van der Waals surface area contributed by atoms with Crippen LogP contribution in [0.4, 0.5) is 0 Å². The van der Waals surface area contributed by atoms with E-state index >= 15 is 0 Å². The van der Waals surface area contributed by atoms with Gasteiger partial charge in [-0.15, -0.1) is 0 Å². The molecule has 1 saturated heterocycles. The van der Waals surface area contributed by atoms with E-state index in [4.69, 9.17) is 0 Å². The van der Waals surface area contributed by atoms with Crippen LogP contribution < -0.4 is 10.6 Å². The van der Waals surface area contributed by atoms with Crippen molar-refractivity contribution in [3.63, 3.8) is 0 Å². The van der Waals surface area contributed by atoms with Gasteiger partial charge in [-0.2, -0.15) is 0 Å². The van der Waals surface area contributed by atoms with Crippen molar-refractivity contribution in [3.8, 4) is 0 Å². The minimum atomic E-state index is 0.697. The van der Waals surface area contributed by atoms with Gasteiger partial charge in [0.05, 0.1) is 0 Å². The second kappa shape index (κ2) is 3.35. The lowest BCUT2D eigenvalue weighted by molar-refractivity contribution is 0.239. The maximum absolute atomic E-state index is 3.51. The Morgan fingerprint density at radius 3 is 2.83 bits per heavy atom. The van der Waals surface area contributed by atoms with Crippen LogP contribution in [-0.2, 0) is 0 Å². The van der Waals surface area contributed by atoms with Crippen LogP contribution in [-0.4, -0.2) is 26.7 Å². The van der Waals surface area contributed by atoms with Crippen LogP contribution in [0.2, 0.25) is 0 Å². The van der Waals surface area contributed by atoms with Gasteiger partial charge in [-0.05, 0) is 57.2 Å². The van der Waals surface area contributed by atoms with Crippen LogP contribution in [0.5, 0.6) is 0 Å². The van der Waals surface area contributed by atoms with E-state index in [0.717, 1.165) is 5.92 Å². The number of hydrogen-bond donors (Lipinski definition) is 2. The normalized spacial score (nSPS) is 33.2. The molecule has 2 heteroatoms. The van der Waals surface area contributed by atoms with E-state index < -0.39 is 0 Å².